The van der Waals surface area contributed by atoms with Crippen LogP contribution in [0.15, 0.2) is 71.9 Å². The van der Waals surface area contributed by atoms with Crippen molar-refractivity contribution in [2.75, 3.05) is 40.1 Å². The summed E-state index contributed by atoms with van der Waals surface area (Å²) in [6.45, 7) is 3.91. The lowest BCUT2D eigenvalue weighted by molar-refractivity contribution is 0.194. The van der Waals surface area contributed by atoms with E-state index in [9.17, 15) is 4.79 Å². The van der Waals surface area contributed by atoms with Crippen molar-refractivity contribution in [2.45, 2.75) is 45.1 Å². The van der Waals surface area contributed by atoms with Crippen LogP contribution in [0.1, 0.15) is 55.2 Å². The highest BCUT2D eigenvalue weighted by atomic mass is 16.2. The van der Waals surface area contributed by atoms with Gasteiger partial charge in [-0.3, -0.25) is 4.99 Å². The lowest BCUT2D eigenvalue weighted by Crippen LogP contribution is -2.37. The van der Waals surface area contributed by atoms with Crippen molar-refractivity contribution < 1.29 is 4.79 Å². The topological polar surface area (TPSA) is 76.6 Å². The Kier molecular flexibility index (Phi) is 8.84. The lowest BCUT2D eigenvalue weighted by atomic mass is 9.85. The first-order valence-electron chi connectivity index (χ1n) is 14.7. The molecule has 1 saturated carbocycles. The van der Waals surface area contributed by atoms with E-state index in [0.717, 1.165) is 58.8 Å². The number of hydrogen-bond acceptors (Lipinski definition) is 4. The number of nitrogens with zero attached hydrogens (tertiary/aromatic N) is 4. The third kappa shape index (κ3) is 6.51. The van der Waals surface area contributed by atoms with Crippen molar-refractivity contribution >= 4 is 28.5 Å². The molecule has 4 aromatic rings. The minimum atomic E-state index is -0.0600. The fourth-order valence-corrected chi connectivity index (χ4v) is 5.84. The maximum Gasteiger partial charge on any atom is 0.321 e. The number of urea groups is 1. The molecule has 1 fully saturated rings. The molecule has 2 aromatic heterocycles. The zero-order chi connectivity index (χ0) is 28.9. The summed E-state index contributed by atoms with van der Waals surface area (Å²) in [4.78, 5) is 29.6. The number of pyridine rings is 1. The Bertz CT molecular complexity index is 1520. The molecule has 1 atom stereocenters. The number of benzene rings is 2. The lowest BCUT2D eigenvalue weighted by Gasteiger charge is -2.30. The Morgan fingerprint density at radius 1 is 1.10 bits per heavy atom. The van der Waals surface area contributed by atoms with Gasteiger partial charge >= 0.3 is 6.03 Å². The number of anilines is 1. The van der Waals surface area contributed by atoms with E-state index in [2.05, 4.69) is 89.7 Å². The van der Waals surface area contributed by atoms with E-state index in [1.165, 1.54) is 30.4 Å². The molecule has 7 heteroatoms. The summed E-state index contributed by atoms with van der Waals surface area (Å²) in [5, 5.41) is 4.16. The predicted molar refractivity (Wildman–Crippen MR) is 170 cm³/mol. The smallest absolute Gasteiger partial charge is 0.321 e. The number of aromatic amines is 1. The van der Waals surface area contributed by atoms with Gasteiger partial charge in [0.15, 0.2) is 0 Å². The number of H-pyrrole nitrogens is 1. The van der Waals surface area contributed by atoms with Crippen LogP contribution >= 0.6 is 0 Å². The number of fused-ring (bicyclic) bond motifs is 1. The molecule has 1 aliphatic carbocycles. The van der Waals surface area contributed by atoms with Crippen molar-refractivity contribution in [1.29, 1.82) is 0 Å². The molecule has 2 aromatic carbocycles. The van der Waals surface area contributed by atoms with Gasteiger partial charge in [-0.05, 0) is 91.9 Å². The number of aromatic nitrogens is 2. The van der Waals surface area contributed by atoms with Crippen LogP contribution < -0.4 is 5.32 Å². The van der Waals surface area contributed by atoms with Crippen LogP contribution in [0.2, 0.25) is 0 Å². The van der Waals surface area contributed by atoms with E-state index in [1.807, 2.05) is 32.4 Å². The second-order valence-electron chi connectivity index (χ2n) is 11.5. The Balaban J connectivity index is 1.37. The molecule has 2 amide bonds. The second-order valence-corrected chi connectivity index (χ2v) is 11.5. The van der Waals surface area contributed by atoms with E-state index in [1.54, 1.807) is 4.90 Å². The minimum Gasteiger partial charge on any atom is -0.339 e. The zero-order valence-electron chi connectivity index (χ0n) is 24.9. The number of rotatable bonds is 10. The Hall–Kier alpha value is -3.97. The van der Waals surface area contributed by atoms with Gasteiger partial charge < -0.3 is 20.1 Å². The number of hydrogen-bond donors (Lipinski definition) is 2. The molecule has 41 heavy (non-hydrogen) atoms. The van der Waals surface area contributed by atoms with Gasteiger partial charge in [0.1, 0.15) is 5.65 Å². The number of carbonyl (C=O) groups is 1. The molecule has 2 heterocycles. The quantitative estimate of drug-likeness (QED) is 0.206. The average Bonchev–Trinajstić information content (AvgIpc) is 3.39. The van der Waals surface area contributed by atoms with Gasteiger partial charge in [-0.15, -0.1) is 0 Å². The normalized spacial score (nSPS) is 14.7. The maximum atomic E-state index is 12.7. The summed E-state index contributed by atoms with van der Waals surface area (Å²) in [6, 6.07) is 21.0. The highest BCUT2D eigenvalue weighted by molar-refractivity contribution is 6.07. The van der Waals surface area contributed by atoms with Gasteiger partial charge in [0.05, 0.1) is 0 Å². The summed E-state index contributed by atoms with van der Waals surface area (Å²) in [5.74, 6) is 0.745. The average molecular weight is 551 g/mol. The van der Waals surface area contributed by atoms with Crippen molar-refractivity contribution in [1.82, 2.24) is 19.8 Å². The van der Waals surface area contributed by atoms with E-state index >= 15 is 0 Å². The first kappa shape index (κ1) is 28.6. The van der Waals surface area contributed by atoms with E-state index in [0.29, 0.717) is 5.92 Å². The van der Waals surface area contributed by atoms with Gasteiger partial charge in [-0.25, -0.2) is 9.78 Å². The molecule has 0 bridgehead atoms. The summed E-state index contributed by atoms with van der Waals surface area (Å²) in [5.41, 5.74) is 8.45. The minimum absolute atomic E-state index is 0.0600. The molecule has 5 rings (SSSR count). The summed E-state index contributed by atoms with van der Waals surface area (Å²) >= 11 is 0. The maximum absolute atomic E-state index is 12.7. The molecule has 0 saturated heterocycles. The standard InChI is InChI=1S/C34H42N6O/c1-6-28(32(35-2)25-13-15-27(16-14-25)37-34(41)40(5)22-23-9-7-10-23)29-17-18-36-33-30(29)20-31(38-33)26-12-8-11-24(19-26)21-39(3)4/h8,11-20,23,28H,6-7,9-10,21-22H2,1-5H3,(H,36,38)(H,37,41)/b35-32-. The Morgan fingerprint density at radius 3 is 2.54 bits per heavy atom. The molecule has 214 valence electrons. The van der Waals surface area contributed by atoms with Gasteiger partial charge in [0.25, 0.3) is 0 Å². The number of carbonyl (C=O) groups excluding carboxylic acids is 1. The third-order valence-corrected chi connectivity index (χ3v) is 8.19. The molecular formula is C34H42N6O. The molecule has 0 spiro atoms. The first-order valence-corrected chi connectivity index (χ1v) is 14.7. The molecular weight excluding hydrogens is 508 g/mol. The zero-order valence-corrected chi connectivity index (χ0v) is 24.9. The van der Waals surface area contributed by atoms with Crippen LogP contribution in [-0.2, 0) is 6.54 Å². The number of nitrogens with one attached hydrogen (secondary N) is 2. The van der Waals surface area contributed by atoms with Gasteiger partial charge in [0, 0.05) is 61.8 Å². The largest absolute Gasteiger partial charge is 0.339 e. The number of amides is 2. The van der Waals surface area contributed by atoms with E-state index in [4.69, 9.17) is 4.99 Å². The molecule has 7 nitrogen and oxygen atoms in total. The van der Waals surface area contributed by atoms with Crippen LogP contribution in [0.25, 0.3) is 22.3 Å². The van der Waals surface area contributed by atoms with Crippen LogP contribution in [0.4, 0.5) is 10.5 Å². The van der Waals surface area contributed by atoms with Crippen LogP contribution in [0.5, 0.6) is 0 Å². The highest BCUT2D eigenvalue weighted by Crippen LogP contribution is 2.34. The molecule has 0 aliphatic heterocycles. The monoisotopic (exact) mass is 550 g/mol. The van der Waals surface area contributed by atoms with Gasteiger partial charge in [0.2, 0.25) is 0 Å². The van der Waals surface area contributed by atoms with Gasteiger partial charge in [-0.1, -0.05) is 43.7 Å². The fourth-order valence-electron chi connectivity index (χ4n) is 5.84. The van der Waals surface area contributed by atoms with Gasteiger partial charge in [-0.2, -0.15) is 0 Å². The summed E-state index contributed by atoms with van der Waals surface area (Å²) < 4.78 is 0. The third-order valence-electron chi connectivity index (χ3n) is 8.19. The van der Waals surface area contributed by atoms with Crippen LogP contribution in [0, 0.1) is 5.92 Å². The summed E-state index contributed by atoms with van der Waals surface area (Å²) in [7, 11) is 7.91. The van der Waals surface area contributed by atoms with Crippen molar-refractivity contribution in [3.63, 3.8) is 0 Å². The fraction of sp³-hybridized carbons (Fsp3) is 0.382. The van der Waals surface area contributed by atoms with Crippen molar-refractivity contribution in [3.05, 3.63) is 83.6 Å². The number of aliphatic imine (C=N–C) groups is 1. The SMILES string of the molecule is CCC(/C(=N\C)c1ccc(NC(=O)N(C)CC2CCC2)cc1)c1ccnc2[nH]c(-c3cccc(CN(C)C)c3)cc12. The Morgan fingerprint density at radius 2 is 1.88 bits per heavy atom. The van der Waals surface area contributed by atoms with Crippen molar-refractivity contribution in [3.8, 4) is 11.3 Å². The Labute approximate surface area is 243 Å². The van der Waals surface area contributed by atoms with E-state index < -0.39 is 0 Å². The first-order chi connectivity index (χ1) is 19.9. The molecule has 1 aliphatic rings. The molecule has 0 radical (unpaired) electrons. The molecule has 1 unspecified atom stereocenters. The molecule has 2 N–H and O–H groups in total. The predicted octanol–water partition coefficient (Wildman–Crippen LogP) is 7.17. The van der Waals surface area contributed by atoms with Crippen LogP contribution in [-0.4, -0.2) is 66.2 Å². The van der Waals surface area contributed by atoms with E-state index in [-0.39, 0.29) is 11.9 Å². The second kappa shape index (κ2) is 12.7. The van der Waals surface area contributed by atoms with Crippen molar-refractivity contribution in [2.24, 2.45) is 10.9 Å². The highest BCUT2D eigenvalue weighted by Gasteiger charge is 2.23. The summed E-state index contributed by atoms with van der Waals surface area (Å²) in [6.07, 6.45) is 6.51. The van der Waals surface area contributed by atoms with Crippen LogP contribution in [0.3, 0.4) is 0 Å².